The van der Waals surface area contributed by atoms with Crippen LogP contribution in [0.4, 0.5) is 5.13 Å². The number of hydrogen-bond acceptors (Lipinski definition) is 8. The molecule has 0 aliphatic heterocycles. The molecule has 0 aliphatic rings. The molecule has 3 aromatic rings. The molecule has 0 radical (unpaired) electrons. The summed E-state index contributed by atoms with van der Waals surface area (Å²) >= 11 is 2.95. The highest BCUT2D eigenvalue weighted by Gasteiger charge is 2.13. The fourth-order valence-corrected chi connectivity index (χ4v) is 3.72. The summed E-state index contributed by atoms with van der Waals surface area (Å²) in [6.45, 7) is 4.15. The Morgan fingerprint density at radius 2 is 1.96 bits per heavy atom. The van der Waals surface area contributed by atoms with Crippen molar-refractivity contribution >= 4 is 34.1 Å². The number of nitrogens with zero attached hydrogens (tertiary/aromatic N) is 5. The monoisotopic (exact) mass is 358 g/mol. The van der Waals surface area contributed by atoms with Crippen LogP contribution in [0.2, 0.25) is 0 Å². The topological polar surface area (TPSA) is 93.6 Å². The summed E-state index contributed by atoms with van der Waals surface area (Å²) in [5.74, 6) is 0.151. The van der Waals surface area contributed by atoms with E-state index in [0.29, 0.717) is 27.5 Å². The van der Waals surface area contributed by atoms with Crippen molar-refractivity contribution in [3.63, 3.8) is 0 Å². The number of rotatable bonds is 5. The van der Waals surface area contributed by atoms with Crippen LogP contribution in [0.5, 0.6) is 0 Å². The number of carbonyl (C=O) groups is 1. The molecule has 0 saturated carbocycles. The van der Waals surface area contributed by atoms with E-state index < -0.39 is 0 Å². The summed E-state index contributed by atoms with van der Waals surface area (Å²) < 4.78 is 0.821. The van der Waals surface area contributed by atoms with E-state index in [4.69, 9.17) is 0 Å². The van der Waals surface area contributed by atoms with Crippen molar-refractivity contribution in [2.75, 3.05) is 5.32 Å². The molecule has 0 unspecified atom stereocenters. The molecule has 1 amide bonds. The second-order valence-electron chi connectivity index (χ2n) is 5.00. The van der Waals surface area contributed by atoms with Gasteiger partial charge in [0, 0.05) is 23.8 Å². The van der Waals surface area contributed by atoms with E-state index in [9.17, 15) is 4.79 Å². The molecule has 24 heavy (non-hydrogen) atoms. The van der Waals surface area contributed by atoms with Gasteiger partial charge in [0.05, 0.1) is 5.56 Å². The number of amides is 1. The Bertz CT molecular complexity index is 819. The number of hydrogen-bond donors (Lipinski definition) is 1. The van der Waals surface area contributed by atoms with Crippen LogP contribution < -0.4 is 5.32 Å². The maximum Gasteiger partial charge on any atom is 0.260 e. The first kappa shape index (κ1) is 16.5. The van der Waals surface area contributed by atoms with Crippen LogP contribution >= 0.6 is 23.1 Å². The molecule has 122 valence electrons. The van der Waals surface area contributed by atoms with Gasteiger partial charge < -0.3 is 0 Å². The van der Waals surface area contributed by atoms with Crippen LogP contribution in [0.3, 0.4) is 0 Å². The first-order valence-corrected chi connectivity index (χ1v) is 8.86. The summed E-state index contributed by atoms with van der Waals surface area (Å²) in [7, 11) is 0. The molecule has 3 aromatic heterocycles. The lowest BCUT2D eigenvalue weighted by molar-refractivity contribution is 0.102. The molecule has 7 nitrogen and oxygen atoms in total. The van der Waals surface area contributed by atoms with Gasteiger partial charge in [-0.15, -0.1) is 10.2 Å². The van der Waals surface area contributed by atoms with Gasteiger partial charge in [-0.05, 0) is 12.1 Å². The summed E-state index contributed by atoms with van der Waals surface area (Å²) in [6.07, 6.45) is 4.61. The molecular weight excluding hydrogens is 344 g/mol. The predicted molar refractivity (Wildman–Crippen MR) is 94.1 cm³/mol. The van der Waals surface area contributed by atoms with E-state index in [1.165, 1.54) is 23.7 Å². The van der Waals surface area contributed by atoms with Crippen LogP contribution in [-0.4, -0.2) is 36.3 Å². The summed E-state index contributed by atoms with van der Waals surface area (Å²) in [5.41, 5.74) is 1.01. The number of carbonyl (C=O) groups excluding carboxylic acids is 1. The summed E-state index contributed by atoms with van der Waals surface area (Å²) in [6, 6.07) is 5.48. The van der Waals surface area contributed by atoms with Gasteiger partial charge in [0.25, 0.3) is 5.91 Å². The van der Waals surface area contributed by atoms with Crippen molar-refractivity contribution in [3.8, 4) is 11.5 Å². The lowest BCUT2D eigenvalue weighted by atomic mass is 10.3. The van der Waals surface area contributed by atoms with Crippen molar-refractivity contribution in [1.29, 1.82) is 0 Å². The molecule has 9 heteroatoms. The minimum absolute atomic E-state index is 0.320. The van der Waals surface area contributed by atoms with Gasteiger partial charge in [-0.2, -0.15) is 0 Å². The molecular formula is C15H14N6OS2. The lowest BCUT2D eigenvalue weighted by Crippen LogP contribution is -2.12. The Labute approximate surface area is 147 Å². The third kappa shape index (κ3) is 4.12. The lowest BCUT2D eigenvalue weighted by Gasteiger charge is -2.02. The van der Waals surface area contributed by atoms with Crippen molar-refractivity contribution < 1.29 is 4.79 Å². The smallest absolute Gasteiger partial charge is 0.260 e. The molecule has 0 spiro atoms. The van der Waals surface area contributed by atoms with E-state index in [1.54, 1.807) is 18.0 Å². The quantitative estimate of drug-likeness (QED) is 0.553. The van der Waals surface area contributed by atoms with Crippen molar-refractivity contribution in [2.24, 2.45) is 0 Å². The third-order valence-electron chi connectivity index (χ3n) is 2.77. The Kier molecular flexibility index (Phi) is 5.11. The first-order chi connectivity index (χ1) is 11.6. The predicted octanol–water partition coefficient (Wildman–Crippen LogP) is 3.14. The standard InChI is InChI=1S/C15H14N6OS2/c1-9(2)23-15-21-20-14(24-15)19-13(22)10-7-17-12(18-8-10)11-5-3-4-6-16-11/h3-9H,1-2H3,(H,19,20,22). The zero-order valence-electron chi connectivity index (χ0n) is 13.0. The molecule has 0 aliphatic carbocycles. The minimum Gasteiger partial charge on any atom is -0.296 e. The molecule has 0 atom stereocenters. The van der Waals surface area contributed by atoms with Gasteiger partial charge in [0.15, 0.2) is 10.2 Å². The summed E-state index contributed by atoms with van der Waals surface area (Å²) in [5, 5.41) is 11.6. The van der Waals surface area contributed by atoms with E-state index >= 15 is 0 Å². The zero-order valence-corrected chi connectivity index (χ0v) is 14.6. The van der Waals surface area contributed by atoms with Crippen molar-refractivity contribution in [3.05, 3.63) is 42.4 Å². The molecule has 0 aromatic carbocycles. The fourth-order valence-electron chi connectivity index (χ4n) is 1.75. The highest BCUT2D eigenvalue weighted by molar-refractivity contribution is 8.01. The Hall–Kier alpha value is -2.39. The maximum atomic E-state index is 12.2. The Morgan fingerprint density at radius 1 is 1.17 bits per heavy atom. The van der Waals surface area contributed by atoms with Gasteiger partial charge in [0.2, 0.25) is 5.13 Å². The minimum atomic E-state index is -0.320. The van der Waals surface area contributed by atoms with Crippen LogP contribution in [0.25, 0.3) is 11.5 Å². The van der Waals surface area contributed by atoms with E-state index in [0.717, 1.165) is 4.34 Å². The van der Waals surface area contributed by atoms with Gasteiger partial charge in [0.1, 0.15) is 5.69 Å². The van der Waals surface area contributed by atoms with E-state index in [1.807, 2.05) is 18.2 Å². The number of nitrogens with one attached hydrogen (secondary N) is 1. The van der Waals surface area contributed by atoms with Crippen LogP contribution in [0.1, 0.15) is 24.2 Å². The van der Waals surface area contributed by atoms with Gasteiger partial charge >= 0.3 is 0 Å². The largest absolute Gasteiger partial charge is 0.296 e. The van der Waals surface area contributed by atoms with E-state index in [2.05, 4.69) is 44.3 Å². The molecule has 3 heterocycles. The SMILES string of the molecule is CC(C)Sc1nnc(NC(=O)c2cnc(-c3ccccn3)nc2)s1. The fraction of sp³-hybridized carbons (Fsp3) is 0.200. The first-order valence-electron chi connectivity index (χ1n) is 7.17. The highest BCUT2D eigenvalue weighted by atomic mass is 32.2. The average molecular weight is 358 g/mol. The van der Waals surface area contributed by atoms with Crippen LogP contribution in [0, 0.1) is 0 Å². The van der Waals surface area contributed by atoms with Gasteiger partial charge in [-0.3, -0.25) is 15.1 Å². The Balaban J connectivity index is 1.68. The second kappa shape index (κ2) is 7.45. The normalized spacial score (nSPS) is 10.8. The van der Waals surface area contributed by atoms with Crippen molar-refractivity contribution in [2.45, 2.75) is 23.4 Å². The molecule has 1 N–H and O–H groups in total. The third-order valence-corrected chi connectivity index (χ3v) is 4.70. The number of pyridine rings is 1. The zero-order chi connectivity index (χ0) is 16.9. The number of thioether (sulfide) groups is 1. The van der Waals surface area contributed by atoms with E-state index in [-0.39, 0.29) is 5.91 Å². The molecule has 0 bridgehead atoms. The van der Waals surface area contributed by atoms with Crippen LogP contribution in [0.15, 0.2) is 41.1 Å². The molecule has 3 rings (SSSR count). The van der Waals surface area contributed by atoms with Crippen LogP contribution in [-0.2, 0) is 0 Å². The summed E-state index contributed by atoms with van der Waals surface area (Å²) in [4.78, 5) is 24.8. The van der Waals surface area contributed by atoms with Gasteiger partial charge in [-0.25, -0.2) is 9.97 Å². The second-order valence-corrected chi connectivity index (χ2v) is 7.81. The number of anilines is 1. The number of aromatic nitrogens is 5. The van der Waals surface area contributed by atoms with Gasteiger partial charge in [-0.1, -0.05) is 43.0 Å². The Morgan fingerprint density at radius 3 is 2.62 bits per heavy atom. The highest BCUT2D eigenvalue weighted by Crippen LogP contribution is 2.28. The molecule has 0 fully saturated rings. The molecule has 0 saturated heterocycles. The maximum absolute atomic E-state index is 12.2. The average Bonchev–Trinajstić information content (AvgIpc) is 3.02. The van der Waals surface area contributed by atoms with Crippen molar-refractivity contribution in [1.82, 2.24) is 25.1 Å².